The van der Waals surface area contributed by atoms with Crippen LogP contribution in [0.25, 0.3) is 0 Å². The van der Waals surface area contributed by atoms with Gasteiger partial charge in [0, 0.05) is 0 Å². The molecule has 120 valence electrons. The van der Waals surface area contributed by atoms with Crippen molar-refractivity contribution in [2.24, 2.45) is 5.92 Å². The summed E-state index contributed by atoms with van der Waals surface area (Å²) < 4.78 is 0. The van der Waals surface area contributed by atoms with E-state index in [0.717, 1.165) is 29.5 Å². The summed E-state index contributed by atoms with van der Waals surface area (Å²) in [5.74, 6) is -1.35. The number of ketones is 1. The van der Waals surface area contributed by atoms with Crippen LogP contribution < -0.4 is 0 Å². The lowest BCUT2D eigenvalue weighted by Crippen LogP contribution is -2.28. The quantitative estimate of drug-likeness (QED) is 0.814. The first-order valence-electron chi connectivity index (χ1n) is 8.03. The van der Waals surface area contributed by atoms with Gasteiger partial charge in [-0.1, -0.05) is 20.3 Å². The Bertz CT molecular complexity index is 604. The maximum atomic E-state index is 11.8. The van der Waals surface area contributed by atoms with E-state index in [1.54, 1.807) is 6.07 Å². The summed E-state index contributed by atoms with van der Waals surface area (Å²) in [5, 5.41) is 19.9. The highest BCUT2D eigenvalue weighted by Gasteiger charge is 2.35. The number of hydrogen-bond acceptors (Lipinski definition) is 3. The fraction of sp³-hybridized carbons (Fsp3) is 0.556. The monoisotopic (exact) mass is 304 g/mol. The van der Waals surface area contributed by atoms with Crippen LogP contribution in [-0.2, 0) is 17.6 Å². The van der Waals surface area contributed by atoms with Crippen molar-refractivity contribution in [1.29, 1.82) is 0 Å². The Morgan fingerprint density at radius 3 is 2.50 bits per heavy atom. The fourth-order valence-corrected chi connectivity index (χ4v) is 3.72. The molecule has 0 spiro atoms. The van der Waals surface area contributed by atoms with Gasteiger partial charge in [-0.15, -0.1) is 0 Å². The number of rotatable bonds is 5. The molecule has 0 saturated heterocycles. The van der Waals surface area contributed by atoms with Gasteiger partial charge in [0.2, 0.25) is 0 Å². The number of carbonyl (C=O) groups is 2. The molecular formula is C18H24O4. The number of aromatic hydroxyl groups is 1. The summed E-state index contributed by atoms with van der Waals surface area (Å²) in [7, 11) is 0. The highest BCUT2D eigenvalue weighted by Crippen LogP contribution is 2.43. The normalized spacial score (nSPS) is 20.5. The lowest BCUT2D eigenvalue weighted by molar-refractivity contribution is -0.143. The second kappa shape index (κ2) is 6.51. The number of hydrogen-bond donors (Lipinski definition) is 2. The van der Waals surface area contributed by atoms with E-state index in [9.17, 15) is 19.8 Å². The minimum Gasteiger partial charge on any atom is -0.507 e. The van der Waals surface area contributed by atoms with E-state index in [2.05, 4.69) is 0 Å². The molecular weight excluding hydrogens is 280 g/mol. The topological polar surface area (TPSA) is 74.6 Å². The molecule has 1 aliphatic carbocycles. The van der Waals surface area contributed by atoms with Crippen molar-refractivity contribution in [2.75, 3.05) is 0 Å². The minimum absolute atomic E-state index is 0.0874. The number of benzene rings is 1. The number of phenolic OH excluding ortho intramolecular Hbond substituents is 1. The van der Waals surface area contributed by atoms with Crippen LogP contribution in [0.4, 0.5) is 0 Å². The van der Waals surface area contributed by atoms with Crippen LogP contribution in [0.15, 0.2) is 6.07 Å². The van der Waals surface area contributed by atoms with Crippen LogP contribution in [-0.4, -0.2) is 22.0 Å². The van der Waals surface area contributed by atoms with E-state index in [1.165, 1.54) is 6.92 Å². The van der Waals surface area contributed by atoms with Crippen molar-refractivity contribution in [3.63, 3.8) is 0 Å². The molecule has 0 radical (unpaired) electrons. The second-order valence-corrected chi connectivity index (χ2v) is 6.12. The summed E-state index contributed by atoms with van der Waals surface area (Å²) in [6.07, 6.45) is 3.56. The number of carboxylic acid groups (broad SMARTS) is 1. The third-order valence-corrected chi connectivity index (χ3v) is 4.78. The Morgan fingerprint density at radius 2 is 2.00 bits per heavy atom. The molecule has 0 aliphatic heterocycles. The molecule has 2 unspecified atom stereocenters. The molecule has 1 aromatic carbocycles. The Hall–Kier alpha value is -1.84. The smallest absolute Gasteiger partial charge is 0.307 e. The average molecular weight is 304 g/mol. The third-order valence-electron chi connectivity index (χ3n) is 4.78. The number of fused-ring (bicyclic) bond motifs is 1. The van der Waals surface area contributed by atoms with E-state index in [4.69, 9.17) is 0 Å². The van der Waals surface area contributed by atoms with E-state index in [-0.39, 0.29) is 17.5 Å². The lowest BCUT2D eigenvalue weighted by Gasteiger charge is -2.33. The average Bonchev–Trinajstić information content (AvgIpc) is 2.47. The Labute approximate surface area is 131 Å². The van der Waals surface area contributed by atoms with Crippen molar-refractivity contribution >= 4 is 11.8 Å². The van der Waals surface area contributed by atoms with Crippen molar-refractivity contribution < 1.29 is 19.8 Å². The number of carbonyl (C=O) groups excluding carboxylic acids is 1. The first-order valence-corrected chi connectivity index (χ1v) is 8.03. The molecule has 0 heterocycles. The summed E-state index contributed by atoms with van der Waals surface area (Å²) >= 11 is 0. The van der Waals surface area contributed by atoms with Gasteiger partial charge in [0.05, 0.1) is 11.5 Å². The first kappa shape index (κ1) is 16.5. The molecule has 0 bridgehead atoms. The SMILES string of the molecule is CCCc1c(O)c(C(C)=O)cc2c1CCC(C(=O)O)C2CC. The summed E-state index contributed by atoms with van der Waals surface area (Å²) in [4.78, 5) is 23.4. The molecule has 0 aromatic heterocycles. The van der Waals surface area contributed by atoms with Gasteiger partial charge in [0.15, 0.2) is 5.78 Å². The molecule has 2 N–H and O–H groups in total. The number of Topliss-reactive ketones (excluding diaryl/α,β-unsaturated/α-hetero) is 1. The molecule has 1 aromatic rings. The zero-order valence-corrected chi connectivity index (χ0v) is 13.5. The molecule has 2 rings (SSSR count). The third kappa shape index (κ3) is 2.74. The van der Waals surface area contributed by atoms with Gasteiger partial charge >= 0.3 is 5.97 Å². The minimum atomic E-state index is -0.771. The fourth-order valence-electron chi connectivity index (χ4n) is 3.72. The van der Waals surface area contributed by atoms with Crippen LogP contribution in [0.3, 0.4) is 0 Å². The van der Waals surface area contributed by atoms with Gasteiger partial charge in [-0.2, -0.15) is 0 Å². The molecule has 0 saturated carbocycles. The standard InChI is InChI=1S/C18H24O4/c1-4-6-13-12-7-8-14(18(21)22)11(5-2)16(12)9-15(10(3)19)17(13)20/h9,11,14,20H,4-8H2,1-3H3,(H,21,22). The lowest BCUT2D eigenvalue weighted by atomic mass is 9.71. The Balaban J connectivity index is 2.66. The van der Waals surface area contributed by atoms with E-state index < -0.39 is 11.9 Å². The van der Waals surface area contributed by atoms with Crippen molar-refractivity contribution in [3.8, 4) is 5.75 Å². The molecule has 0 fully saturated rings. The van der Waals surface area contributed by atoms with Crippen LogP contribution >= 0.6 is 0 Å². The maximum Gasteiger partial charge on any atom is 0.307 e. The van der Waals surface area contributed by atoms with Gasteiger partial charge in [-0.3, -0.25) is 9.59 Å². The van der Waals surface area contributed by atoms with Crippen LogP contribution in [0.1, 0.15) is 73.0 Å². The Morgan fingerprint density at radius 1 is 1.32 bits per heavy atom. The van der Waals surface area contributed by atoms with Gasteiger partial charge < -0.3 is 10.2 Å². The van der Waals surface area contributed by atoms with Gasteiger partial charge in [-0.05, 0) is 61.3 Å². The van der Waals surface area contributed by atoms with E-state index in [1.807, 2.05) is 13.8 Å². The van der Waals surface area contributed by atoms with Crippen molar-refractivity contribution in [2.45, 2.75) is 58.8 Å². The highest BCUT2D eigenvalue weighted by atomic mass is 16.4. The van der Waals surface area contributed by atoms with Crippen molar-refractivity contribution in [3.05, 3.63) is 28.3 Å². The summed E-state index contributed by atoms with van der Waals surface area (Å²) in [6.45, 7) is 5.46. The van der Waals surface area contributed by atoms with Crippen LogP contribution in [0.2, 0.25) is 0 Å². The number of phenols is 1. The molecule has 0 amide bonds. The highest BCUT2D eigenvalue weighted by molar-refractivity contribution is 5.97. The summed E-state index contributed by atoms with van der Waals surface area (Å²) in [5.41, 5.74) is 3.18. The Kier molecular flexibility index (Phi) is 4.89. The van der Waals surface area contributed by atoms with Gasteiger partial charge in [0.1, 0.15) is 5.75 Å². The predicted molar refractivity (Wildman–Crippen MR) is 84.6 cm³/mol. The van der Waals surface area contributed by atoms with Crippen LogP contribution in [0.5, 0.6) is 5.75 Å². The first-order chi connectivity index (χ1) is 10.4. The van der Waals surface area contributed by atoms with E-state index >= 15 is 0 Å². The predicted octanol–water partition coefficient (Wildman–Crippen LogP) is 3.69. The maximum absolute atomic E-state index is 11.8. The zero-order valence-electron chi connectivity index (χ0n) is 13.5. The number of carboxylic acids is 1. The molecule has 2 atom stereocenters. The largest absolute Gasteiger partial charge is 0.507 e. The molecule has 1 aliphatic rings. The van der Waals surface area contributed by atoms with Gasteiger partial charge in [0.25, 0.3) is 0 Å². The van der Waals surface area contributed by atoms with Crippen molar-refractivity contribution in [1.82, 2.24) is 0 Å². The van der Waals surface area contributed by atoms with Gasteiger partial charge in [-0.25, -0.2) is 0 Å². The zero-order chi connectivity index (χ0) is 16.4. The number of aliphatic carboxylic acids is 1. The molecule has 22 heavy (non-hydrogen) atoms. The summed E-state index contributed by atoms with van der Waals surface area (Å²) in [6, 6.07) is 1.73. The molecule has 4 heteroatoms. The van der Waals surface area contributed by atoms with E-state index in [0.29, 0.717) is 24.8 Å². The van der Waals surface area contributed by atoms with Crippen LogP contribution in [0, 0.1) is 5.92 Å². The molecule has 4 nitrogen and oxygen atoms in total. The second-order valence-electron chi connectivity index (χ2n) is 6.12.